The van der Waals surface area contributed by atoms with Crippen LogP contribution in [-0.2, 0) is 0 Å². The number of hydrogen-bond donors (Lipinski definition) is 2. The average molecular weight is 350 g/mol. The quantitative estimate of drug-likeness (QED) is 0.750. The summed E-state index contributed by atoms with van der Waals surface area (Å²) in [6.45, 7) is 1.43. The molecule has 26 heavy (non-hydrogen) atoms. The van der Waals surface area contributed by atoms with Gasteiger partial charge in [0.1, 0.15) is 11.6 Å². The van der Waals surface area contributed by atoms with Gasteiger partial charge in [-0.05, 0) is 49.2 Å². The Morgan fingerprint density at radius 2 is 2.04 bits per heavy atom. The number of benzene rings is 2. The maximum absolute atomic E-state index is 12.6. The van der Waals surface area contributed by atoms with Crippen molar-refractivity contribution in [3.05, 3.63) is 54.4 Å². The van der Waals surface area contributed by atoms with E-state index < -0.39 is 0 Å². The van der Waals surface area contributed by atoms with Crippen molar-refractivity contribution in [3.8, 4) is 5.75 Å². The summed E-state index contributed by atoms with van der Waals surface area (Å²) in [5, 5.41) is 2.96. The highest BCUT2D eigenvalue weighted by Crippen LogP contribution is 2.27. The van der Waals surface area contributed by atoms with Crippen LogP contribution in [-0.4, -0.2) is 41.1 Å². The summed E-state index contributed by atoms with van der Waals surface area (Å²) in [5.41, 5.74) is 2.78. The van der Waals surface area contributed by atoms with Gasteiger partial charge in [0, 0.05) is 24.7 Å². The molecule has 1 saturated heterocycles. The van der Waals surface area contributed by atoms with Crippen molar-refractivity contribution in [2.45, 2.75) is 18.8 Å². The van der Waals surface area contributed by atoms with Crippen LogP contribution in [0.15, 0.2) is 48.5 Å². The minimum Gasteiger partial charge on any atom is -0.497 e. The summed E-state index contributed by atoms with van der Waals surface area (Å²) in [7, 11) is 1.62. The monoisotopic (exact) mass is 350 g/mol. The second-order valence-electron chi connectivity index (χ2n) is 6.58. The summed E-state index contributed by atoms with van der Waals surface area (Å²) in [6, 6.07) is 15.3. The van der Waals surface area contributed by atoms with Gasteiger partial charge in [0.15, 0.2) is 0 Å². The standard InChI is InChI=1S/C20H22N4O2/c1-26-16-10-8-15(9-11-16)21-20(25)24-12-4-5-14(13-24)19-22-17-6-2-3-7-18(17)23-19/h2-3,6-11,14H,4-5,12-13H2,1H3,(H,21,25)(H,22,23). The number of ether oxygens (including phenoxy) is 1. The molecule has 2 amide bonds. The molecule has 3 aromatic rings. The third-order valence-electron chi connectivity index (χ3n) is 4.84. The van der Waals surface area contributed by atoms with Crippen molar-refractivity contribution in [3.63, 3.8) is 0 Å². The van der Waals surface area contributed by atoms with Crippen molar-refractivity contribution >= 4 is 22.8 Å². The lowest BCUT2D eigenvalue weighted by Gasteiger charge is -2.31. The molecule has 1 unspecified atom stereocenters. The molecule has 2 heterocycles. The van der Waals surface area contributed by atoms with E-state index >= 15 is 0 Å². The van der Waals surface area contributed by atoms with E-state index in [1.54, 1.807) is 7.11 Å². The molecular formula is C20H22N4O2. The molecule has 1 fully saturated rings. The molecule has 4 rings (SSSR count). The number of anilines is 1. The Labute approximate surface area is 152 Å². The predicted molar refractivity (Wildman–Crippen MR) is 102 cm³/mol. The fraction of sp³-hybridized carbons (Fsp3) is 0.300. The number of para-hydroxylation sites is 2. The Balaban J connectivity index is 1.44. The number of urea groups is 1. The maximum atomic E-state index is 12.6. The predicted octanol–water partition coefficient (Wildman–Crippen LogP) is 3.98. The van der Waals surface area contributed by atoms with Crippen LogP contribution in [0.25, 0.3) is 11.0 Å². The largest absolute Gasteiger partial charge is 0.497 e. The summed E-state index contributed by atoms with van der Waals surface area (Å²) in [6.07, 6.45) is 2.00. The zero-order chi connectivity index (χ0) is 17.9. The van der Waals surface area contributed by atoms with Crippen molar-refractivity contribution in [1.29, 1.82) is 0 Å². The number of carbonyl (C=O) groups is 1. The Morgan fingerprint density at radius 1 is 1.23 bits per heavy atom. The molecule has 1 atom stereocenters. The van der Waals surface area contributed by atoms with Crippen molar-refractivity contribution in [1.82, 2.24) is 14.9 Å². The first kappa shape index (κ1) is 16.4. The molecule has 0 saturated carbocycles. The minimum absolute atomic E-state index is 0.0732. The number of fused-ring (bicyclic) bond motifs is 1. The number of aromatic amines is 1. The number of rotatable bonds is 3. The number of carbonyl (C=O) groups excluding carboxylic acids is 1. The number of hydrogen-bond acceptors (Lipinski definition) is 3. The third-order valence-corrected chi connectivity index (χ3v) is 4.84. The van der Waals surface area contributed by atoms with E-state index in [4.69, 9.17) is 9.72 Å². The summed E-state index contributed by atoms with van der Waals surface area (Å²) >= 11 is 0. The van der Waals surface area contributed by atoms with Gasteiger partial charge in [-0.2, -0.15) is 0 Å². The van der Waals surface area contributed by atoms with Crippen LogP contribution in [0, 0.1) is 0 Å². The Bertz CT molecular complexity index is 871. The van der Waals surface area contributed by atoms with Crippen LogP contribution in [0.3, 0.4) is 0 Å². The van der Waals surface area contributed by atoms with Gasteiger partial charge in [0.25, 0.3) is 0 Å². The highest BCUT2D eigenvalue weighted by molar-refractivity contribution is 5.89. The van der Waals surface area contributed by atoms with Crippen LogP contribution in [0.4, 0.5) is 10.5 Å². The van der Waals surface area contributed by atoms with E-state index in [0.29, 0.717) is 6.54 Å². The summed E-state index contributed by atoms with van der Waals surface area (Å²) in [4.78, 5) is 22.6. The van der Waals surface area contributed by atoms with Gasteiger partial charge in [-0.3, -0.25) is 0 Å². The van der Waals surface area contributed by atoms with Gasteiger partial charge in [-0.25, -0.2) is 9.78 Å². The SMILES string of the molecule is COc1ccc(NC(=O)N2CCCC(c3nc4ccccc4[nH]3)C2)cc1. The lowest BCUT2D eigenvalue weighted by atomic mass is 9.97. The molecule has 0 radical (unpaired) electrons. The molecule has 6 nitrogen and oxygen atoms in total. The van der Waals surface area contributed by atoms with Gasteiger partial charge < -0.3 is 19.9 Å². The first-order valence-electron chi connectivity index (χ1n) is 8.87. The first-order chi connectivity index (χ1) is 12.7. The van der Waals surface area contributed by atoms with E-state index in [9.17, 15) is 4.79 Å². The number of nitrogens with one attached hydrogen (secondary N) is 2. The number of methoxy groups -OCH3 is 1. The van der Waals surface area contributed by atoms with Gasteiger partial charge in [0.2, 0.25) is 0 Å². The van der Waals surface area contributed by atoms with E-state index in [0.717, 1.165) is 47.7 Å². The van der Waals surface area contributed by atoms with E-state index in [1.807, 2.05) is 53.4 Å². The summed E-state index contributed by atoms with van der Waals surface area (Å²) in [5.74, 6) is 1.97. The Hall–Kier alpha value is -3.02. The fourth-order valence-electron chi connectivity index (χ4n) is 3.43. The highest BCUT2D eigenvalue weighted by Gasteiger charge is 2.26. The van der Waals surface area contributed by atoms with E-state index in [2.05, 4.69) is 10.3 Å². The van der Waals surface area contributed by atoms with Gasteiger partial charge in [0.05, 0.1) is 18.1 Å². The molecule has 2 aromatic carbocycles. The zero-order valence-corrected chi connectivity index (χ0v) is 14.7. The fourth-order valence-corrected chi connectivity index (χ4v) is 3.43. The van der Waals surface area contributed by atoms with Gasteiger partial charge in [-0.1, -0.05) is 12.1 Å². The number of likely N-dealkylation sites (tertiary alicyclic amines) is 1. The van der Waals surface area contributed by atoms with Crippen LogP contribution in [0.1, 0.15) is 24.6 Å². The molecular weight excluding hydrogens is 328 g/mol. The molecule has 0 aliphatic carbocycles. The Morgan fingerprint density at radius 3 is 2.81 bits per heavy atom. The number of H-pyrrole nitrogens is 1. The normalized spacial score (nSPS) is 17.3. The second kappa shape index (κ2) is 7.07. The highest BCUT2D eigenvalue weighted by atomic mass is 16.5. The number of piperidine rings is 1. The van der Waals surface area contributed by atoms with E-state index in [1.165, 1.54) is 0 Å². The van der Waals surface area contributed by atoms with E-state index in [-0.39, 0.29) is 11.9 Å². The van der Waals surface area contributed by atoms with Crippen LogP contribution < -0.4 is 10.1 Å². The molecule has 1 aliphatic rings. The van der Waals surface area contributed by atoms with Crippen molar-refractivity contribution in [2.24, 2.45) is 0 Å². The number of nitrogens with zero attached hydrogens (tertiary/aromatic N) is 2. The topological polar surface area (TPSA) is 70.2 Å². The lowest BCUT2D eigenvalue weighted by molar-refractivity contribution is 0.191. The lowest BCUT2D eigenvalue weighted by Crippen LogP contribution is -2.41. The zero-order valence-electron chi connectivity index (χ0n) is 14.7. The van der Waals surface area contributed by atoms with Gasteiger partial charge in [-0.15, -0.1) is 0 Å². The molecule has 1 aromatic heterocycles. The molecule has 0 spiro atoms. The maximum Gasteiger partial charge on any atom is 0.321 e. The number of imidazole rings is 1. The minimum atomic E-state index is -0.0732. The molecule has 0 bridgehead atoms. The summed E-state index contributed by atoms with van der Waals surface area (Å²) < 4.78 is 5.14. The number of aromatic nitrogens is 2. The van der Waals surface area contributed by atoms with Crippen LogP contribution >= 0.6 is 0 Å². The first-order valence-corrected chi connectivity index (χ1v) is 8.87. The molecule has 1 aliphatic heterocycles. The third kappa shape index (κ3) is 3.35. The van der Waals surface area contributed by atoms with Crippen LogP contribution in [0.5, 0.6) is 5.75 Å². The van der Waals surface area contributed by atoms with Crippen molar-refractivity contribution in [2.75, 3.05) is 25.5 Å². The smallest absolute Gasteiger partial charge is 0.321 e. The van der Waals surface area contributed by atoms with Gasteiger partial charge >= 0.3 is 6.03 Å². The van der Waals surface area contributed by atoms with Crippen LogP contribution in [0.2, 0.25) is 0 Å². The number of amides is 2. The Kier molecular flexibility index (Phi) is 4.48. The molecule has 6 heteroatoms. The molecule has 134 valence electrons. The average Bonchev–Trinajstić information content (AvgIpc) is 3.13. The molecule has 2 N–H and O–H groups in total. The second-order valence-corrected chi connectivity index (χ2v) is 6.58. The van der Waals surface area contributed by atoms with Crippen molar-refractivity contribution < 1.29 is 9.53 Å².